The third-order valence-corrected chi connectivity index (χ3v) is 3.89. The van der Waals surface area contributed by atoms with E-state index in [1.54, 1.807) is 0 Å². The molecule has 3 fully saturated rings. The highest BCUT2D eigenvalue weighted by molar-refractivity contribution is 4.95. The van der Waals surface area contributed by atoms with Crippen molar-refractivity contribution in [2.45, 2.75) is 32.9 Å². The van der Waals surface area contributed by atoms with Gasteiger partial charge in [0.25, 0.3) is 0 Å². The topological polar surface area (TPSA) is 18.5 Å². The van der Waals surface area contributed by atoms with Crippen LogP contribution in [0.3, 0.4) is 0 Å². The van der Waals surface area contributed by atoms with E-state index in [1.165, 1.54) is 32.7 Å². The minimum atomic E-state index is 0.665. The Bertz CT molecular complexity index is 197. The van der Waals surface area contributed by atoms with Crippen molar-refractivity contribution >= 4 is 0 Å². The van der Waals surface area contributed by atoms with Crippen molar-refractivity contribution in [3.63, 3.8) is 0 Å². The van der Waals surface area contributed by atoms with Gasteiger partial charge in [-0.15, -0.1) is 0 Å². The lowest BCUT2D eigenvalue weighted by Gasteiger charge is -2.51. The molecule has 0 saturated carbocycles. The molecule has 3 heteroatoms. The fourth-order valence-corrected chi connectivity index (χ4v) is 3.05. The lowest BCUT2D eigenvalue weighted by atomic mass is 9.91. The van der Waals surface area contributed by atoms with Crippen LogP contribution in [0.2, 0.25) is 0 Å². The predicted molar refractivity (Wildman–Crippen MR) is 64.1 cm³/mol. The number of likely N-dealkylation sites (N-methyl/N-ethyl adjacent to an activating group) is 1. The first-order chi connectivity index (χ1) is 7.22. The van der Waals surface area contributed by atoms with Crippen molar-refractivity contribution in [3.8, 4) is 0 Å². The summed E-state index contributed by atoms with van der Waals surface area (Å²) in [4.78, 5) is 5.31. The summed E-state index contributed by atoms with van der Waals surface area (Å²) in [5, 5.41) is 3.67. The maximum atomic E-state index is 3.67. The maximum Gasteiger partial charge on any atom is 0.0380 e. The zero-order chi connectivity index (χ0) is 10.8. The standard InChI is InChI=1S/C12H25N3/c1-4-13-12(10(2)3)11-9-14-5-7-15(11)8-6-14/h10-13H,4-9H2,1-3H3. The van der Waals surface area contributed by atoms with Gasteiger partial charge in [-0.2, -0.15) is 0 Å². The van der Waals surface area contributed by atoms with E-state index in [9.17, 15) is 0 Å². The van der Waals surface area contributed by atoms with E-state index < -0.39 is 0 Å². The van der Waals surface area contributed by atoms with E-state index in [1.807, 2.05) is 0 Å². The van der Waals surface area contributed by atoms with E-state index in [4.69, 9.17) is 0 Å². The van der Waals surface area contributed by atoms with Crippen LogP contribution in [0.5, 0.6) is 0 Å². The molecule has 88 valence electrons. The Balaban J connectivity index is 2.01. The third kappa shape index (κ3) is 2.35. The highest BCUT2D eigenvalue weighted by Gasteiger charge is 2.37. The molecule has 2 bridgehead atoms. The zero-order valence-corrected chi connectivity index (χ0v) is 10.4. The molecule has 3 rings (SSSR count). The number of rotatable bonds is 4. The molecule has 3 heterocycles. The third-order valence-electron chi connectivity index (χ3n) is 3.89. The highest BCUT2D eigenvalue weighted by Crippen LogP contribution is 2.21. The molecule has 1 N–H and O–H groups in total. The Kier molecular flexibility index (Phi) is 3.65. The SMILES string of the molecule is CCNC(C(C)C)C1CN2CCN1CC2. The predicted octanol–water partition coefficient (Wildman–Crippen LogP) is 0.620. The Labute approximate surface area is 93.8 Å². The monoisotopic (exact) mass is 211 g/mol. The lowest BCUT2D eigenvalue weighted by Crippen LogP contribution is -2.67. The second-order valence-electron chi connectivity index (χ2n) is 5.23. The molecule has 0 aromatic rings. The normalized spacial score (nSPS) is 37.2. The van der Waals surface area contributed by atoms with Crippen molar-refractivity contribution in [1.82, 2.24) is 15.1 Å². The Hall–Kier alpha value is -0.120. The first kappa shape index (κ1) is 11.4. The minimum absolute atomic E-state index is 0.665. The van der Waals surface area contributed by atoms with E-state index in [0.717, 1.165) is 18.5 Å². The fourth-order valence-electron chi connectivity index (χ4n) is 3.05. The molecule has 3 aliphatic heterocycles. The average molecular weight is 211 g/mol. The van der Waals surface area contributed by atoms with Crippen LogP contribution in [-0.4, -0.2) is 61.2 Å². The number of hydrogen-bond acceptors (Lipinski definition) is 3. The fraction of sp³-hybridized carbons (Fsp3) is 1.00. The van der Waals surface area contributed by atoms with Gasteiger partial charge in [0.15, 0.2) is 0 Å². The number of hydrogen-bond donors (Lipinski definition) is 1. The van der Waals surface area contributed by atoms with Gasteiger partial charge in [0.1, 0.15) is 0 Å². The van der Waals surface area contributed by atoms with E-state index >= 15 is 0 Å². The molecule has 2 unspecified atom stereocenters. The second kappa shape index (κ2) is 4.81. The molecule has 0 aliphatic carbocycles. The van der Waals surface area contributed by atoms with Crippen molar-refractivity contribution in [3.05, 3.63) is 0 Å². The van der Waals surface area contributed by atoms with Gasteiger partial charge in [0.2, 0.25) is 0 Å². The first-order valence-electron chi connectivity index (χ1n) is 6.42. The van der Waals surface area contributed by atoms with Gasteiger partial charge in [0, 0.05) is 44.8 Å². The van der Waals surface area contributed by atoms with Crippen molar-refractivity contribution in [2.24, 2.45) is 5.92 Å². The smallest absolute Gasteiger partial charge is 0.0380 e. The van der Waals surface area contributed by atoms with Crippen LogP contribution in [0, 0.1) is 5.92 Å². The van der Waals surface area contributed by atoms with Crippen molar-refractivity contribution < 1.29 is 0 Å². The second-order valence-corrected chi connectivity index (χ2v) is 5.23. The molecule has 3 nitrogen and oxygen atoms in total. The highest BCUT2D eigenvalue weighted by atomic mass is 15.4. The summed E-state index contributed by atoms with van der Waals surface area (Å²) in [6.07, 6.45) is 0. The summed E-state index contributed by atoms with van der Waals surface area (Å²) >= 11 is 0. The Morgan fingerprint density at radius 3 is 2.27 bits per heavy atom. The molecule has 0 spiro atoms. The zero-order valence-electron chi connectivity index (χ0n) is 10.4. The first-order valence-corrected chi connectivity index (χ1v) is 6.42. The number of fused-ring (bicyclic) bond motifs is 3. The summed E-state index contributed by atoms with van der Waals surface area (Å²) < 4.78 is 0. The maximum absolute atomic E-state index is 3.67. The lowest BCUT2D eigenvalue weighted by molar-refractivity contribution is -0.0102. The quantitative estimate of drug-likeness (QED) is 0.735. The number of piperazine rings is 3. The van der Waals surface area contributed by atoms with E-state index in [-0.39, 0.29) is 0 Å². The van der Waals surface area contributed by atoms with Crippen molar-refractivity contribution in [2.75, 3.05) is 39.3 Å². The Morgan fingerprint density at radius 2 is 1.87 bits per heavy atom. The van der Waals surface area contributed by atoms with Gasteiger partial charge >= 0.3 is 0 Å². The minimum Gasteiger partial charge on any atom is -0.312 e. The molecule has 2 atom stereocenters. The average Bonchev–Trinajstić information content (AvgIpc) is 2.27. The molecule has 0 radical (unpaired) electrons. The van der Waals surface area contributed by atoms with Gasteiger partial charge in [-0.1, -0.05) is 20.8 Å². The van der Waals surface area contributed by atoms with Gasteiger partial charge < -0.3 is 5.32 Å². The summed E-state index contributed by atoms with van der Waals surface area (Å²) in [6.45, 7) is 14.4. The molecule has 0 aromatic heterocycles. The van der Waals surface area contributed by atoms with Crippen molar-refractivity contribution in [1.29, 1.82) is 0 Å². The van der Waals surface area contributed by atoms with Crippen LogP contribution in [0.25, 0.3) is 0 Å². The summed E-state index contributed by atoms with van der Waals surface area (Å²) in [5.74, 6) is 0.732. The van der Waals surface area contributed by atoms with Crippen LogP contribution in [0.4, 0.5) is 0 Å². The molecular formula is C12H25N3. The van der Waals surface area contributed by atoms with Crippen LogP contribution >= 0.6 is 0 Å². The molecule has 3 aliphatic rings. The van der Waals surface area contributed by atoms with Crippen LogP contribution in [0.15, 0.2) is 0 Å². The summed E-state index contributed by atoms with van der Waals surface area (Å²) in [6, 6.07) is 1.41. The molecule has 3 saturated heterocycles. The van der Waals surface area contributed by atoms with Gasteiger partial charge in [-0.05, 0) is 12.5 Å². The van der Waals surface area contributed by atoms with E-state index in [0.29, 0.717) is 6.04 Å². The number of nitrogens with one attached hydrogen (secondary N) is 1. The van der Waals surface area contributed by atoms with Gasteiger partial charge in [-0.25, -0.2) is 0 Å². The summed E-state index contributed by atoms with van der Waals surface area (Å²) in [7, 11) is 0. The largest absolute Gasteiger partial charge is 0.312 e. The molecule has 0 aromatic carbocycles. The Morgan fingerprint density at radius 1 is 1.20 bits per heavy atom. The summed E-state index contributed by atoms with van der Waals surface area (Å²) in [5.41, 5.74) is 0. The van der Waals surface area contributed by atoms with Crippen LogP contribution < -0.4 is 5.32 Å². The number of nitrogens with zero attached hydrogens (tertiary/aromatic N) is 2. The van der Waals surface area contributed by atoms with E-state index in [2.05, 4.69) is 35.9 Å². The van der Waals surface area contributed by atoms with Gasteiger partial charge in [-0.3, -0.25) is 9.80 Å². The van der Waals surface area contributed by atoms with Crippen LogP contribution in [-0.2, 0) is 0 Å². The molecular weight excluding hydrogens is 186 g/mol. The van der Waals surface area contributed by atoms with Crippen LogP contribution in [0.1, 0.15) is 20.8 Å². The molecule has 0 amide bonds. The van der Waals surface area contributed by atoms with Gasteiger partial charge in [0.05, 0.1) is 0 Å². The molecule has 15 heavy (non-hydrogen) atoms.